The topological polar surface area (TPSA) is 79.8 Å². The third kappa shape index (κ3) is 3.73. The molecule has 0 bridgehead atoms. The van der Waals surface area contributed by atoms with Crippen LogP contribution in [0, 0.1) is 5.82 Å². The highest BCUT2D eigenvalue weighted by molar-refractivity contribution is 7.89. The Morgan fingerprint density at radius 3 is 2.43 bits per heavy atom. The van der Waals surface area contributed by atoms with E-state index < -0.39 is 15.8 Å². The van der Waals surface area contributed by atoms with Gasteiger partial charge in [0.2, 0.25) is 10.0 Å². The molecule has 2 aromatic carbocycles. The molecule has 0 radical (unpaired) electrons. The second-order valence-electron chi connectivity index (χ2n) is 6.90. The third-order valence-electron chi connectivity index (χ3n) is 5.12. The SMILES string of the molecule is COc1ccc(S(=O)(=O)N2CCN(C(=O)c3cc(F)cc4cccnc34)CC2)cc1. The number of halogens is 1. The normalized spacial score (nSPS) is 15.3. The summed E-state index contributed by atoms with van der Waals surface area (Å²) in [6.07, 6.45) is 1.55. The van der Waals surface area contributed by atoms with Gasteiger partial charge < -0.3 is 9.64 Å². The quantitative estimate of drug-likeness (QED) is 0.637. The van der Waals surface area contributed by atoms with Gasteiger partial charge in [0.15, 0.2) is 0 Å². The van der Waals surface area contributed by atoms with Crippen molar-refractivity contribution in [1.29, 1.82) is 0 Å². The first-order chi connectivity index (χ1) is 14.4. The van der Waals surface area contributed by atoms with Crippen molar-refractivity contribution in [3.05, 3.63) is 66.1 Å². The number of amides is 1. The number of rotatable bonds is 4. The first-order valence-corrected chi connectivity index (χ1v) is 10.8. The van der Waals surface area contributed by atoms with Crippen LogP contribution in [0.1, 0.15) is 10.4 Å². The Labute approximate surface area is 173 Å². The predicted molar refractivity (Wildman–Crippen MR) is 109 cm³/mol. The minimum absolute atomic E-state index is 0.154. The van der Waals surface area contributed by atoms with E-state index in [0.29, 0.717) is 16.7 Å². The summed E-state index contributed by atoms with van der Waals surface area (Å²) in [7, 11) is -2.16. The molecular weight excluding hydrogens is 409 g/mol. The molecule has 4 rings (SSSR count). The maximum atomic E-state index is 14.0. The lowest BCUT2D eigenvalue weighted by Crippen LogP contribution is -2.50. The van der Waals surface area contributed by atoms with Gasteiger partial charge in [-0.15, -0.1) is 0 Å². The van der Waals surface area contributed by atoms with Crippen molar-refractivity contribution in [2.45, 2.75) is 4.90 Å². The Kier molecular flexibility index (Phi) is 5.40. The van der Waals surface area contributed by atoms with E-state index in [1.54, 1.807) is 30.5 Å². The Hall–Kier alpha value is -3.04. The van der Waals surface area contributed by atoms with Crippen LogP contribution in [-0.4, -0.2) is 61.8 Å². The van der Waals surface area contributed by atoms with Crippen LogP contribution in [0.15, 0.2) is 59.6 Å². The van der Waals surface area contributed by atoms with Crippen LogP contribution in [-0.2, 0) is 10.0 Å². The molecule has 156 valence electrons. The van der Waals surface area contributed by atoms with E-state index in [0.717, 1.165) is 0 Å². The second kappa shape index (κ2) is 8.00. The van der Waals surface area contributed by atoms with Crippen molar-refractivity contribution in [3.8, 4) is 5.75 Å². The molecule has 1 aliphatic heterocycles. The lowest BCUT2D eigenvalue weighted by molar-refractivity contribution is 0.0699. The highest BCUT2D eigenvalue weighted by Crippen LogP contribution is 2.23. The van der Waals surface area contributed by atoms with Gasteiger partial charge in [-0.05, 0) is 42.5 Å². The van der Waals surface area contributed by atoms with Crippen LogP contribution < -0.4 is 4.74 Å². The number of aromatic nitrogens is 1. The van der Waals surface area contributed by atoms with E-state index in [-0.39, 0.29) is 42.5 Å². The van der Waals surface area contributed by atoms with Gasteiger partial charge >= 0.3 is 0 Å². The van der Waals surface area contributed by atoms with Gasteiger partial charge in [-0.25, -0.2) is 12.8 Å². The van der Waals surface area contributed by atoms with Crippen molar-refractivity contribution in [1.82, 2.24) is 14.2 Å². The molecule has 0 aliphatic carbocycles. The average molecular weight is 429 g/mol. The number of hydrogen-bond donors (Lipinski definition) is 0. The monoisotopic (exact) mass is 429 g/mol. The van der Waals surface area contributed by atoms with Gasteiger partial charge in [0.05, 0.1) is 23.1 Å². The summed E-state index contributed by atoms with van der Waals surface area (Å²) in [5.41, 5.74) is 0.606. The third-order valence-corrected chi connectivity index (χ3v) is 7.04. The molecule has 2 heterocycles. The van der Waals surface area contributed by atoms with E-state index in [9.17, 15) is 17.6 Å². The zero-order valence-electron chi connectivity index (χ0n) is 16.3. The molecule has 1 fully saturated rings. The Bertz CT molecular complexity index is 1190. The van der Waals surface area contributed by atoms with Gasteiger partial charge in [-0.2, -0.15) is 4.31 Å². The lowest BCUT2D eigenvalue weighted by Gasteiger charge is -2.34. The number of carbonyl (C=O) groups is 1. The molecular formula is C21H20FN3O4S. The summed E-state index contributed by atoms with van der Waals surface area (Å²) in [5.74, 6) is -0.306. The number of benzene rings is 2. The lowest BCUT2D eigenvalue weighted by atomic mass is 10.1. The van der Waals surface area contributed by atoms with E-state index in [2.05, 4.69) is 4.98 Å². The van der Waals surface area contributed by atoms with Crippen LogP contribution in [0.5, 0.6) is 5.75 Å². The summed E-state index contributed by atoms with van der Waals surface area (Å²) >= 11 is 0. The van der Waals surface area contributed by atoms with Gasteiger partial charge in [-0.1, -0.05) is 6.07 Å². The van der Waals surface area contributed by atoms with Crippen molar-refractivity contribution < 1.29 is 22.3 Å². The summed E-state index contributed by atoms with van der Waals surface area (Å²) in [4.78, 5) is 18.9. The van der Waals surface area contributed by atoms with Gasteiger partial charge in [0.1, 0.15) is 11.6 Å². The molecule has 0 spiro atoms. The molecule has 1 aliphatic rings. The number of pyridine rings is 1. The van der Waals surface area contributed by atoms with Gasteiger partial charge in [0.25, 0.3) is 5.91 Å². The summed E-state index contributed by atoms with van der Waals surface area (Å²) in [6.45, 7) is 0.722. The van der Waals surface area contributed by atoms with E-state index >= 15 is 0 Å². The minimum Gasteiger partial charge on any atom is -0.497 e. The first kappa shape index (κ1) is 20.2. The van der Waals surface area contributed by atoms with E-state index in [1.165, 1.54) is 40.6 Å². The van der Waals surface area contributed by atoms with Crippen LogP contribution in [0.2, 0.25) is 0 Å². The van der Waals surface area contributed by atoms with Crippen molar-refractivity contribution in [3.63, 3.8) is 0 Å². The molecule has 3 aromatic rings. The molecule has 0 saturated carbocycles. The van der Waals surface area contributed by atoms with Crippen molar-refractivity contribution in [2.75, 3.05) is 33.3 Å². The zero-order valence-corrected chi connectivity index (χ0v) is 17.1. The minimum atomic E-state index is -3.67. The smallest absolute Gasteiger partial charge is 0.256 e. The summed E-state index contributed by atoms with van der Waals surface area (Å²) in [5, 5.41) is 0.543. The maximum absolute atomic E-state index is 14.0. The second-order valence-corrected chi connectivity index (χ2v) is 8.84. The number of hydrogen-bond acceptors (Lipinski definition) is 5. The average Bonchev–Trinajstić information content (AvgIpc) is 2.78. The fourth-order valence-corrected chi connectivity index (χ4v) is 4.94. The number of piperazine rings is 1. The van der Waals surface area contributed by atoms with Crippen LogP contribution in [0.3, 0.4) is 0 Å². The summed E-state index contributed by atoms with van der Waals surface area (Å²) in [6, 6.07) is 12.1. The molecule has 0 N–H and O–H groups in total. The van der Waals surface area contributed by atoms with E-state index in [1.807, 2.05) is 0 Å². The zero-order chi connectivity index (χ0) is 21.3. The number of fused-ring (bicyclic) bond motifs is 1. The predicted octanol–water partition coefficient (Wildman–Crippen LogP) is 2.53. The number of sulfonamides is 1. The largest absolute Gasteiger partial charge is 0.497 e. The Morgan fingerprint density at radius 1 is 1.07 bits per heavy atom. The maximum Gasteiger partial charge on any atom is 0.256 e. The highest BCUT2D eigenvalue weighted by atomic mass is 32.2. The van der Waals surface area contributed by atoms with Crippen LogP contribution in [0.4, 0.5) is 4.39 Å². The summed E-state index contributed by atoms with van der Waals surface area (Å²) < 4.78 is 46.2. The number of carbonyl (C=O) groups excluding carboxylic acids is 1. The molecule has 1 aromatic heterocycles. The van der Waals surface area contributed by atoms with E-state index in [4.69, 9.17) is 4.74 Å². The Balaban J connectivity index is 1.51. The number of ether oxygens (including phenoxy) is 1. The molecule has 9 heteroatoms. The Morgan fingerprint density at radius 2 is 1.77 bits per heavy atom. The fourth-order valence-electron chi connectivity index (χ4n) is 3.52. The highest BCUT2D eigenvalue weighted by Gasteiger charge is 2.31. The molecule has 7 nitrogen and oxygen atoms in total. The first-order valence-electron chi connectivity index (χ1n) is 9.38. The fraction of sp³-hybridized carbons (Fsp3) is 0.238. The van der Waals surface area contributed by atoms with Crippen LogP contribution in [0.25, 0.3) is 10.9 Å². The van der Waals surface area contributed by atoms with Crippen molar-refractivity contribution >= 4 is 26.8 Å². The van der Waals surface area contributed by atoms with Gasteiger partial charge in [0, 0.05) is 37.8 Å². The van der Waals surface area contributed by atoms with Crippen molar-refractivity contribution in [2.24, 2.45) is 0 Å². The molecule has 1 amide bonds. The molecule has 0 atom stereocenters. The number of methoxy groups -OCH3 is 1. The standard InChI is InChI=1S/C21H20FN3O4S/c1-29-17-4-6-18(7-5-17)30(27,28)25-11-9-24(10-12-25)21(26)19-14-16(22)13-15-3-2-8-23-20(15)19/h2-8,13-14H,9-12H2,1H3. The molecule has 0 unspecified atom stereocenters. The number of nitrogens with zero attached hydrogens (tertiary/aromatic N) is 3. The molecule has 30 heavy (non-hydrogen) atoms. The van der Waals surface area contributed by atoms with Crippen LogP contribution >= 0.6 is 0 Å². The van der Waals surface area contributed by atoms with Gasteiger partial charge in [-0.3, -0.25) is 9.78 Å². The molecule has 1 saturated heterocycles.